The fourth-order valence-electron chi connectivity index (χ4n) is 1.89. The standard InChI is InChI=1S/C7H11F2N/c1-10-3-2-5-6(4-10)7(5,8)9/h5-6H,2-4H2,1H3. The normalized spacial score (nSPS) is 44.7. The van der Waals surface area contributed by atoms with Crippen LogP contribution in [0.1, 0.15) is 6.42 Å². The molecule has 0 radical (unpaired) electrons. The zero-order valence-electron chi connectivity index (χ0n) is 5.98. The zero-order valence-corrected chi connectivity index (χ0v) is 5.98. The fourth-order valence-corrected chi connectivity index (χ4v) is 1.89. The SMILES string of the molecule is CN1CCC2C(C1)C2(F)F. The van der Waals surface area contributed by atoms with Crippen LogP contribution in [-0.4, -0.2) is 31.0 Å². The van der Waals surface area contributed by atoms with E-state index in [1.165, 1.54) is 0 Å². The lowest BCUT2D eigenvalue weighted by molar-refractivity contribution is 0.0853. The van der Waals surface area contributed by atoms with Gasteiger partial charge in [0.1, 0.15) is 0 Å². The van der Waals surface area contributed by atoms with E-state index in [1.807, 2.05) is 11.9 Å². The Morgan fingerprint density at radius 3 is 2.60 bits per heavy atom. The highest BCUT2D eigenvalue weighted by atomic mass is 19.3. The molecule has 1 saturated heterocycles. The molecule has 3 heteroatoms. The molecule has 2 unspecified atom stereocenters. The average Bonchev–Trinajstić information content (AvgIpc) is 2.36. The third-order valence-corrected chi connectivity index (χ3v) is 2.70. The predicted molar refractivity (Wildman–Crippen MR) is 34.0 cm³/mol. The largest absolute Gasteiger partial charge is 0.306 e. The van der Waals surface area contributed by atoms with Crippen molar-refractivity contribution in [2.75, 3.05) is 20.1 Å². The summed E-state index contributed by atoms with van der Waals surface area (Å²) in [4.78, 5) is 1.99. The summed E-state index contributed by atoms with van der Waals surface area (Å²) in [6.07, 6.45) is 0.689. The second kappa shape index (κ2) is 1.70. The van der Waals surface area contributed by atoms with Crippen molar-refractivity contribution in [3.63, 3.8) is 0 Å². The van der Waals surface area contributed by atoms with Crippen LogP contribution in [0.3, 0.4) is 0 Å². The van der Waals surface area contributed by atoms with Crippen LogP contribution >= 0.6 is 0 Å². The first-order valence-corrected chi connectivity index (χ1v) is 3.68. The van der Waals surface area contributed by atoms with Gasteiger partial charge in [-0.1, -0.05) is 0 Å². The summed E-state index contributed by atoms with van der Waals surface area (Å²) in [6.45, 7) is 1.44. The van der Waals surface area contributed by atoms with Gasteiger partial charge >= 0.3 is 0 Å². The quantitative estimate of drug-likeness (QED) is 0.497. The van der Waals surface area contributed by atoms with Crippen molar-refractivity contribution in [2.24, 2.45) is 11.8 Å². The van der Waals surface area contributed by atoms with Crippen molar-refractivity contribution in [3.8, 4) is 0 Å². The van der Waals surface area contributed by atoms with Gasteiger partial charge in [-0.15, -0.1) is 0 Å². The van der Waals surface area contributed by atoms with Crippen LogP contribution in [0.25, 0.3) is 0 Å². The van der Waals surface area contributed by atoms with Crippen molar-refractivity contribution < 1.29 is 8.78 Å². The summed E-state index contributed by atoms with van der Waals surface area (Å²) in [7, 11) is 1.91. The Kier molecular flexibility index (Phi) is 1.11. The Labute approximate surface area is 59.0 Å². The van der Waals surface area contributed by atoms with Gasteiger partial charge in [-0.2, -0.15) is 0 Å². The minimum atomic E-state index is -2.31. The number of fused-ring (bicyclic) bond motifs is 1. The summed E-state index contributed by atoms with van der Waals surface area (Å²) in [5.41, 5.74) is 0. The van der Waals surface area contributed by atoms with Crippen LogP contribution in [0.2, 0.25) is 0 Å². The molecule has 58 valence electrons. The van der Waals surface area contributed by atoms with Gasteiger partial charge in [0.05, 0.1) is 0 Å². The van der Waals surface area contributed by atoms with E-state index in [0.29, 0.717) is 13.0 Å². The highest BCUT2D eigenvalue weighted by Gasteiger charge is 2.68. The number of hydrogen-bond acceptors (Lipinski definition) is 1. The molecule has 1 aliphatic heterocycles. The van der Waals surface area contributed by atoms with E-state index in [0.717, 1.165) is 6.54 Å². The van der Waals surface area contributed by atoms with E-state index in [9.17, 15) is 8.78 Å². The van der Waals surface area contributed by atoms with Crippen molar-refractivity contribution >= 4 is 0 Å². The topological polar surface area (TPSA) is 3.24 Å². The highest BCUT2D eigenvalue weighted by Crippen LogP contribution is 2.58. The molecule has 2 rings (SSSR count). The van der Waals surface area contributed by atoms with E-state index in [1.54, 1.807) is 0 Å². The van der Waals surface area contributed by atoms with Gasteiger partial charge in [0, 0.05) is 18.4 Å². The van der Waals surface area contributed by atoms with Gasteiger partial charge in [0.25, 0.3) is 5.92 Å². The molecular formula is C7H11F2N. The molecule has 1 aliphatic carbocycles. The van der Waals surface area contributed by atoms with Gasteiger partial charge < -0.3 is 4.90 Å². The first-order chi connectivity index (χ1) is 4.62. The Bertz CT molecular complexity index is 158. The smallest absolute Gasteiger partial charge is 0.255 e. The third kappa shape index (κ3) is 0.698. The summed E-state index contributed by atoms with van der Waals surface area (Å²) < 4.78 is 25.3. The number of likely N-dealkylation sites (tertiary alicyclic amines) is 1. The summed E-state index contributed by atoms with van der Waals surface area (Å²) in [5, 5.41) is 0. The minimum absolute atomic E-state index is 0.274. The van der Waals surface area contributed by atoms with Crippen LogP contribution < -0.4 is 0 Å². The first-order valence-electron chi connectivity index (χ1n) is 3.68. The minimum Gasteiger partial charge on any atom is -0.306 e. The van der Waals surface area contributed by atoms with Gasteiger partial charge in [-0.05, 0) is 20.0 Å². The van der Waals surface area contributed by atoms with E-state index in [-0.39, 0.29) is 11.8 Å². The lowest BCUT2D eigenvalue weighted by Crippen LogP contribution is -2.27. The van der Waals surface area contributed by atoms with Crippen LogP contribution in [0, 0.1) is 11.8 Å². The average molecular weight is 147 g/mol. The Morgan fingerprint density at radius 1 is 1.40 bits per heavy atom. The zero-order chi connectivity index (χ0) is 7.35. The van der Waals surface area contributed by atoms with Crippen LogP contribution in [-0.2, 0) is 0 Å². The van der Waals surface area contributed by atoms with Crippen molar-refractivity contribution in [2.45, 2.75) is 12.3 Å². The lowest BCUT2D eigenvalue weighted by atomic mass is 10.1. The number of hydrogen-bond donors (Lipinski definition) is 0. The van der Waals surface area contributed by atoms with E-state index in [2.05, 4.69) is 0 Å². The molecule has 2 atom stereocenters. The highest BCUT2D eigenvalue weighted by molar-refractivity contribution is 5.08. The molecule has 1 nitrogen and oxygen atoms in total. The number of rotatable bonds is 0. The van der Waals surface area contributed by atoms with Crippen molar-refractivity contribution in [1.82, 2.24) is 4.90 Å². The summed E-state index contributed by atoms with van der Waals surface area (Å²) in [6, 6.07) is 0. The molecule has 0 aromatic rings. The molecule has 0 spiro atoms. The summed E-state index contributed by atoms with van der Waals surface area (Å²) >= 11 is 0. The molecule has 0 amide bonds. The maximum atomic E-state index is 12.6. The predicted octanol–water partition coefficient (Wildman–Crippen LogP) is 1.20. The molecular weight excluding hydrogens is 136 g/mol. The molecule has 10 heavy (non-hydrogen) atoms. The maximum Gasteiger partial charge on any atom is 0.255 e. The first kappa shape index (κ1) is 6.53. The molecule has 0 aromatic carbocycles. The van der Waals surface area contributed by atoms with E-state index < -0.39 is 5.92 Å². The van der Waals surface area contributed by atoms with Gasteiger partial charge in [0.2, 0.25) is 0 Å². The molecule has 0 bridgehead atoms. The van der Waals surface area contributed by atoms with Gasteiger partial charge in [0.15, 0.2) is 0 Å². The fraction of sp³-hybridized carbons (Fsp3) is 1.00. The van der Waals surface area contributed by atoms with Crippen LogP contribution in [0.15, 0.2) is 0 Å². The van der Waals surface area contributed by atoms with Gasteiger partial charge in [-0.25, -0.2) is 8.78 Å². The van der Waals surface area contributed by atoms with Crippen molar-refractivity contribution in [3.05, 3.63) is 0 Å². The monoisotopic (exact) mass is 147 g/mol. The molecule has 2 aliphatic rings. The van der Waals surface area contributed by atoms with Gasteiger partial charge in [-0.3, -0.25) is 0 Å². The number of halogens is 2. The Morgan fingerprint density at radius 2 is 2.10 bits per heavy atom. The number of piperidine rings is 1. The Balaban J connectivity index is 2.04. The third-order valence-electron chi connectivity index (χ3n) is 2.70. The summed E-state index contributed by atoms with van der Waals surface area (Å²) in [5.74, 6) is -2.90. The molecule has 0 N–H and O–H groups in total. The van der Waals surface area contributed by atoms with Crippen LogP contribution in [0.5, 0.6) is 0 Å². The molecule has 1 heterocycles. The second-order valence-electron chi connectivity index (χ2n) is 3.44. The second-order valence-corrected chi connectivity index (χ2v) is 3.44. The maximum absolute atomic E-state index is 12.6. The molecule has 0 aromatic heterocycles. The van der Waals surface area contributed by atoms with E-state index >= 15 is 0 Å². The lowest BCUT2D eigenvalue weighted by Gasteiger charge is -2.18. The molecule has 2 fully saturated rings. The Hall–Kier alpha value is -0.180. The van der Waals surface area contributed by atoms with E-state index in [4.69, 9.17) is 0 Å². The number of nitrogens with zero attached hydrogens (tertiary/aromatic N) is 1. The van der Waals surface area contributed by atoms with Crippen molar-refractivity contribution in [1.29, 1.82) is 0 Å². The van der Waals surface area contributed by atoms with Crippen LogP contribution in [0.4, 0.5) is 8.78 Å². The number of alkyl halides is 2. The molecule has 1 saturated carbocycles.